The van der Waals surface area contributed by atoms with E-state index in [0.29, 0.717) is 23.2 Å². The quantitative estimate of drug-likeness (QED) is 0.234. The van der Waals surface area contributed by atoms with Gasteiger partial charge in [-0.05, 0) is 75.8 Å². The van der Waals surface area contributed by atoms with E-state index in [9.17, 15) is 0 Å². The lowest BCUT2D eigenvalue weighted by Gasteiger charge is -2.12. The minimum atomic E-state index is 0.304. The number of nitrogens with zero attached hydrogens (tertiary/aromatic N) is 4. The Morgan fingerprint density at radius 1 is 1.14 bits per heavy atom. The zero-order chi connectivity index (χ0) is 24.5. The topological polar surface area (TPSA) is 95.2 Å². The van der Waals surface area contributed by atoms with E-state index in [0.717, 1.165) is 39.1 Å². The predicted molar refractivity (Wildman–Crippen MR) is 145 cm³/mol. The van der Waals surface area contributed by atoms with Crippen LogP contribution in [0.1, 0.15) is 31.3 Å². The summed E-state index contributed by atoms with van der Waals surface area (Å²) in [5.41, 5.74) is 7.66. The molecule has 0 saturated carbocycles. The number of H-pyrrole nitrogens is 2. The van der Waals surface area contributed by atoms with Crippen LogP contribution < -0.4 is 5.32 Å². The molecule has 8 heteroatoms. The molecule has 0 saturated heterocycles. The molecule has 3 N–H and O–H groups in total. The molecule has 0 fully saturated rings. The number of allylic oxidation sites excluding steroid dienone is 4. The van der Waals surface area contributed by atoms with E-state index in [1.54, 1.807) is 17.5 Å². The maximum absolute atomic E-state index is 4.96. The van der Waals surface area contributed by atoms with Crippen molar-refractivity contribution in [2.45, 2.75) is 33.7 Å². The molecule has 0 aliphatic heterocycles. The number of rotatable bonds is 7. The zero-order valence-electron chi connectivity index (χ0n) is 20.2. The molecule has 0 radical (unpaired) electrons. The van der Waals surface area contributed by atoms with Crippen LogP contribution in [0.25, 0.3) is 49.7 Å². The first-order valence-electron chi connectivity index (χ1n) is 11.5. The molecule has 176 valence electrons. The molecule has 7 nitrogen and oxygen atoms in total. The van der Waals surface area contributed by atoms with E-state index in [1.165, 1.54) is 9.75 Å². The first-order chi connectivity index (χ1) is 17.0. The Morgan fingerprint density at radius 2 is 2.00 bits per heavy atom. The molecular formula is C27H27N7S. The van der Waals surface area contributed by atoms with E-state index in [4.69, 9.17) is 9.97 Å². The van der Waals surface area contributed by atoms with Gasteiger partial charge in [0.1, 0.15) is 5.52 Å². The minimum absolute atomic E-state index is 0.304. The summed E-state index contributed by atoms with van der Waals surface area (Å²) >= 11 is 1.75. The molecule has 35 heavy (non-hydrogen) atoms. The number of hydrogen-bond acceptors (Lipinski definition) is 6. The largest absolute Gasteiger partial charge is 0.383 e. The van der Waals surface area contributed by atoms with Crippen LogP contribution in [-0.2, 0) is 0 Å². The first kappa shape index (κ1) is 22.7. The van der Waals surface area contributed by atoms with Gasteiger partial charge >= 0.3 is 0 Å². The van der Waals surface area contributed by atoms with E-state index < -0.39 is 0 Å². The van der Waals surface area contributed by atoms with Gasteiger partial charge in [0.25, 0.3) is 0 Å². The number of imidazole rings is 1. The Labute approximate surface area is 207 Å². The fourth-order valence-electron chi connectivity index (χ4n) is 4.00. The molecule has 5 aromatic heterocycles. The second kappa shape index (κ2) is 9.31. The van der Waals surface area contributed by atoms with E-state index in [-0.39, 0.29) is 0 Å². The highest BCUT2D eigenvalue weighted by Crippen LogP contribution is 2.34. The summed E-state index contributed by atoms with van der Waals surface area (Å²) in [6, 6.07) is 10.6. The van der Waals surface area contributed by atoms with Crippen molar-refractivity contribution >= 4 is 39.1 Å². The molecule has 0 spiro atoms. The molecule has 0 aliphatic rings. The zero-order valence-corrected chi connectivity index (χ0v) is 21.0. The summed E-state index contributed by atoms with van der Waals surface area (Å²) < 4.78 is 0. The maximum Gasteiger partial charge on any atom is 0.178 e. The fraction of sp³-hybridized carbons (Fsp3) is 0.185. The Hall–Kier alpha value is -4.04. The number of pyridine rings is 2. The normalized spacial score (nSPS) is 12.7. The first-order valence-corrected chi connectivity index (χ1v) is 12.3. The molecule has 5 heterocycles. The monoisotopic (exact) mass is 481 g/mol. The van der Waals surface area contributed by atoms with Crippen molar-refractivity contribution in [3.8, 4) is 22.0 Å². The maximum atomic E-state index is 4.96. The van der Waals surface area contributed by atoms with Gasteiger partial charge in [-0.25, -0.2) is 15.0 Å². The number of aromatic amines is 2. The molecule has 0 unspecified atom stereocenters. The van der Waals surface area contributed by atoms with Crippen LogP contribution in [0, 0.1) is 6.92 Å². The van der Waals surface area contributed by atoms with Crippen LogP contribution in [0.4, 0.5) is 0 Å². The van der Waals surface area contributed by atoms with Crippen LogP contribution >= 0.6 is 11.3 Å². The second-order valence-electron chi connectivity index (χ2n) is 8.56. The van der Waals surface area contributed by atoms with E-state index in [1.807, 2.05) is 37.3 Å². The van der Waals surface area contributed by atoms with Crippen molar-refractivity contribution in [3.63, 3.8) is 0 Å². The van der Waals surface area contributed by atoms with Crippen LogP contribution in [0.2, 0.25) is 0 Å². The Bertz CT molecular complexity index is 1600. The highest BCUT2D eigenvalue weighted by Gasteiger charge is 2.18. The number of fused-ring (bicyclic) bond motifs is 2. The SMILES string of the molecule is C=C/C(=C\C(=C/C)c1ccc2[nH]nc(-c3nc4nccc(-c5ccc(C)s5)c4[nH]3)c2n1)NC(C)C. The van der Waals surface area contributed by atoms with Crippen LogP contribution in [0.15, 0.2) is 67.0 Å². The fourth-order valence-corrected chi connectivity index (χ4v) is 4.90. The van der Waals surface area contributed by atoms with Crippen molar-refractivity contribution in [2.24, 2.45) is 0 Å². The summed E-state index contributed by atoms with van der Waals surface area (Å²) in [5.74, 6) is 0.634. The Morgan fingerprint density at radius 3 is 2.71 bits per heavy atom. The average molecular weight is 482 g/mol. The van der Waals surface area contributed by atoms with Crippen molar-refractivity contribution in [3.05, 3.63) is 77.6 Å². The number of aryl methyl sites for hydroxylation is 1. The van der Waals surface area contributed by atoms with Crippen LogP contribution in [0.5, 0.6) is 0 Å². The van der Waals surface area contributed by atoms with Gasteiger partial charge in [0.05, 0.1) is 16.7 Å². The average Bonchev–Trinajstić information content (AvgIpc) is 3.58. The third-order valence-corrected chi connectivity index (χ3v) is 6.66. The minimum Gasteiger partial charge on any atom is -0.383 e. The van der Waals surface area contributed by atoms with Gasteiger partial charge in [-0.15, -0.1) is 11.3 Å². The van der Waals surface area contributed by atoms with Crippen LogP contribution in [-0.4, -0.2) is 36.2 Å². The van der Waals surface area contributed by atoms with Crippen molar-refractivity contribution in [2.75, 3.05) is 0 Å². The van der Waals surface area contributed by atoms with Gasteiger partial charge < -0.3 is 10.3 Å². The lowest BCUT2D eigenvalue weighted by atomic mass is 10.1. The molecule has 0 atom stereocenters. The molecule has 5 aromatic rings. The summed E-state index contributed by atoms with van der Waals surface area (Å²) in [7, 11) is 0. The van der Waals surface area contributed by atoms with E-state index in [2.05, 4.69) is 71.0 Å². The highest BCUT2D eigenvalue weighted by molar-refractivity contribution is 7.15. The van der Waals surface area contributed by atoms with Crippen molar-refractivity contribution < 1.29 is 0 Å². The summed E-state index contributed by atoms with van der Waals surface area (Å²) in [6.07, 6.45) is 7.71. The third kappa shape index (κ3) is 4.40. The van der Waals surface area contributed by atoms with Gasteiger partial charge in [-0.1, -0.05) is 12.7 Å². The highest BCUT2D eigenvalue weighted by atomic mass is 32.1. The second-order valence-corrected chi connectivity index (χ2v) is 9.85. The predicted octanol–water partition coefficient (Wildman–Crippen LogP) is 6.40. The summed E-state index contributed by atoms with van der Waals surface area (Å²) in [5, 5.41) is 11.0. The molecule has 0 aliphatic carbocycles. The smallest absolute Gasteiger partial charge is 0.178 e. The third-order valence-electron chi connectivity index (χ3n) is 5.62. The van der Waals surface area contributed by atoms with Gasteiger partial charge in [-0.2, -0.15) is 5.10 Å². The van der Waals surface area contributed by atoms with Crippen molar-refractivity contribution in [1.29, 1.82) is 0 Å². The van der Waals surface area contributed by atoms with Gasteiger partial charge in [0.2, 0.25) is 0 Å². The number of thiophene rings is 1. The molecule has 0 amide bonds. The molecule has 5 rings (SSSR count). The van der Waals surface area contributed by atoms with Gasteiger partial charge in [-0.3, -0.25) is 5.10 Å². The number of hydrogen-bond donors (Lipinski definition) is 3. The summed E-state index contributed by atoms with van der Waals surface area (Å²) in [6.45, 7) is 12.2. The van der Waals surface area contributed by atoms with Crippen molar-refractivity contribution in [1.82, 2.24) is 35.5 Å². The van der Waals surface area contributed by atoms with Crippen LogP contribution in [0.3, 0.4) is 0 Å². The molecule has 0 bridgehead atoms. The number of aromatic nitrogens is 6. The van der Waals surface area contributed by atoms with Gasteiger partial charge in [0.15, 0.2) is 17.2 Å². The lowest BCUT2D eigenvalue weighted by molar-refractivity contribution is 0.682. The van der Waals surface area contributed by atoms with Gasteiger partial charge in [0, 0.05) is 33.3 Å². The Kier molecular flexibility index (Phi) is 6.05. The molecule has 0 aromatic carbocycles. The lowest BCUT2D eigenvalue weighted by Crippen LogP contribution is -2.20. The number of nitrogens with one attached hydrogen (secondary N) is 3. The van der Waals surface area contributed by atoms with E-state index >= 15 is 0 Å². The summed E-state index contributed by atoms with van der Waals surface area (Å²) in [4.78, 5) is 20.1. The Balaban J connectivity index is 1.59. The molecular weight excluding hydrogens is 454 g/mol. The standard InChI is InChI=1S/C27H27N7S/c1-6-17(14-18(7-2)29-15(3)4)20-9-10-21-24(30-20)25(34-33-21)27-31-23-19(12-13-28-26(23)32-27)22-11-8-16(5)35-22/h6-15,29H,2H2,1,3-5H3,(H,33,34)(H,28,31,32)/b17-6+,18-14+.